The van der Waals surface area contributed by atoms with Crippen LogP contribution in [-0.2, 0) is 19.6 Å². The van der Waals surface area contributed by atoms with Gasteiger partial charge in [0, 0.05) is 25.6 Å². The Balaban J connectivity index is 1.64. The molecule has 8 heteroatoms. The van der Waals surface area contributed by atoms with Crippen LogP contribution in [0.25, 0.3) is 0 Å². The van der Waals surface area contributed by atoms with Gasteiger partial charge >= 0.3 is 5.97 Å². The first-order chi connectivity index (χ1) is 12.3. The number of aryl methyl sites for hydroxylation is 1. The number of aliphatic carboxylic acids is 1. The molecule has 2 aliphatic heterocycles. The number of carboxylic acid groups (broad SMARTS) is 1. The minimum Gasteiger partial charge on any atom is -0.480 e. The molecular formula is C18H24N2O5S. The number of likely N-dealkylation sites (tertiary alicyclic amines) is 1. The third kappa shape index (κ3) is 3.61. The van der Waals surface area contributed by atoms with Gasteiger partial charge in [0.25, 0.3) is 0 Å². The van der Waals surface area contributed by atoms with Crippen LogP contribution in [0.3, 0.4) is 0 Å². The standard InChI is InChI=1S/C18H24N2O5S/c1-13-4-6-15(7-5-13)26(24,25)19-11-8-14(9-12-19)17(21)20-10-2-3-16(20)18(22)23/h4-7,14,16H,2-3,8-12H2,1H3,(H,22,23)/t16-/m0/s1. The van der Waals surface area contributed by atoms with E-state index in [0.717, 1.165) is 5.56 Å². The monoisotopic (exact) mass is 380 g/mol. The van der Waals surface area contributed by atoms with Gasteiger partial charge in [-0.2, -0.15) is 4.31 Å². The maximum absolute atomic E-state index is 12.7. The van der Waals surface area contributed by atoms with Crippen LogP contribution >= 0.6 is 0 Å². The van der Waals surface area contributed by atoms with Gasteiger partial charge in [-0.1, -0.05) is 17.7 Å². The van der Waals surface area contributed by atoms with Crippen LogP contribution in [0.4, 0.5) is 0 Å². The van der Waals surface area contributed by atoms with Crippen LogP contribution < -0.4 is 0 Å². The van der Waals surface area contributed by atoms with E-state index in [2.05, 4.69) is 0 Å². The summed E-state index contributed by atoms with van der Waals surface area (Å²) in [6.45, 7) is 2.92. The number of amides is 1. The Morgan fingerprint density at radius 3 is 2.23 bits per heavy atom. The van der Waals surface area contributed by atoms with E-state index in [4.69, 9.17) is 0 Å². The lowest BCUT2D eigenvalue weighted by molar-refractivity contribution is -0.150. The van der Waals surface area contributed by atoms with E-state index >= 15 is 0 Å². The molecule has 2 heterocycles. The highest BCUT2D eigenvalue weighted by atomic mass is 32.2. The van der Waals surface area contributed by atoms with Gasteiger partial charge in [0.15, 0.2) is 0 Å². The Bertz CT molecular complexity index is 782. The zero-order valence-corrected chi connectivity index (χ0v) is 15.6. The van der Waals surface area contributed by atoms with Gasteiger partial charge in [0.2, 0.25) is 15.9 Å². The van der Waals surface area contributed by atoms with Gasteiger partial charge in [-0.05, 0) is 44.7 Å². The van der Waals surface area contributed by atoms with E-state index < -0.39 is 22.0 Å². The molecule has 1 amide bonds. The van der Waals surface area contributed by atoms with Crippen LogP contribution in [0.2, 0.25) is 0 Å². The van der Waals surface area contributed by atoms with Crippen molar-refractivity contribution in [1.29, 1.82) is 0 Å². The van der Waals surface area contributed by atoms with Gasteiger partial charge < -0.3 is 10.0 Å². The number of hydrogen-bond donors (Lipinski definition) is 1. The number of sulfonamides is 1. The molecule has 2 fully saturated rings. The average molecular weight is 380 g/mol. The van der Waals surface area contributed by atoms with E-state index in [9.17, 15) is 23.1 Å². The van der Waals surface area contributed by atoms with Crippen LogP contribution in [0.15, 0.2) is 29.2 Å². The molecule has 0 unspecified atom stereocenters. The summed E-state index contributed by atoms with van der Waals surface area (Å²) in [4.78, 5) is 25.7. The molecular weight excluding hydrogens is 356 g/mol. The molecule has 1 aromatic carbocycles. The fraction of sp³-hybridized carbons (Fsp3) is 0.556. The molecule has 0 bridgehead atoms. The molecule has 7 nitrogen and oxygen atoms in total. The van der Waals surface area contributed by atoms with Crippen LogP contribution in [0.1, 0.15) is 31.2 Å². The van der Waals surface area contributed by atoms with Crippen LogP contribution in [-0.4, -0.2) is 60.3 Å². The summed E-state index contributed by atoms with van der Waals surface area (Å²) in [7, 11) is -3.56. The Kier molecular flexibility index (Phi) is 5.34. The fourth-order valence-electron chi connectivity index (χ4n) is 3.72. The lowest BCUT2D eigenvalue weighted by Crippen LogP contribution is -2.47. The third-order valence-electron chi connectivity index (χ3n) is 5.28. The second-order valence-electron chi connectivity index (χ2n) is 7.02. The highest BCUT2D eigenvalue weighted by Gasteiger charge is 2.39. The van der Waals surface area contributed by atoms with Gasteiger partial charge in [-0.15, -0.1) is 0 Å². The second-order valence-corrected chi connectivity index (χ2v) is 8.96. The molecule has 0 saturated carbocycles. The van der Waals surface area contributed by atoms with Crippen molar-refractivity contribution in [1.82, 2.24) is 9.21 Å². The molecule has 3 rings (SSSR count). The zero-order chi connectivity index (χ0) is 18.9. The average Bonchev–Trinajstić information content (AvgIpc) is 3.11. The van der Waals surface area contributed by atoms with E-state index in [1.54, 1.807) is 24.3 Å². The van der Waals surface area contributed by atoms with E-state index in [0.29, 0.717) is 32.2 Å². The lowest BCUT2D eigenvalue weighted by Gasteiger charge is -2.33. The highest BCUT2D eigenvalue weighted by molar-refractivity contribution is 7.89. The smallest absolute Gasteiger partial charge is 0.326 e. The second kappa shape index (κ2) is 7.36. The number of piperidine rings is 1. The Morgan fingerprint density at radius 2 is 1.65 bits per heavy atom. The molecule has 0 aliphatic carbocycles. The maximum Gasteiger partial charge on any atom is 0.326 e. The van der Waals surface area contributed by atoms with Gasteiger partial charge in [0.05, 0.1) is 4.90 Å². The van der Waals surface area contributed by atoms with Gasteiger partial charge in [-0.25, -0.2) is 13.2 Å². The number of hydrogen-bond acceptors (Lipinski definition) is 4. The molecule has 0 spiro atoms. The van der Waals surface area contributed by atoms with E-state index in [1.165, 1.54) is 9.21 Å². The third-order valence-corrected chi connectivity index (χ3v) is 7.20. The summed E-state index contributed by atoms with van der Waals surface area (Å²) >= 11 is 0. The summed E-state index contributed by atoms with van der Waals surface area (Å²) in [6.07, 6.45) is 2.03. The topological polar surface area (TPSA) is 95.0 Å². The first kappa shape index (κ1) is 18.8. The van der Waals surface area contributed by atoms with Crippen LogP contribution in [0, 0.1) is 12.8 Å². The normalized spacial score (nSPS) is 22.5. The summed E-state index contributed by atoms with van der Waals surface area (Å²) in [5.41, 5.74) is 0.992. The Hall–Kier alpha value is -1.93. The van der Waals surface area contributed by atoms with Crippen molar-refractivity contribution in [2.45, 2.75) is 43.5 Å². The quantitative estimate of drug-likeness (QED) is 0.854. The van der Waals surface area contributed by atoms with Crippen LogP contribution in [0.5, 0.6) is 0 Å². The lowest BCUT2D eigenvalue weighted by atomic mass is 9.96. The fourth-order valence-corrected chi connectivity index (χ4v) is 5.19. The van der Waals surface area contributed by atoms with Crippen molar-refractivity contribution in [3.8, 4) is 0 Å². The molecule has 142 valence electrons. The van der Waals surface area contributed by atoms with Gasteiger partial charge in [-0.3, -0.25) is 4.79 Å². The molecule has 0 radical (unpaired) electrons. The van der Waals surface area contributed by atoms with E-state index in [-0.39, 0.29) is 29.8 Å². The molecule has 0 aromatic heterocycles. The SMILES string of the molecule is Cc1ccc(S(=O)(=O)N2CCC(C(=O)N3CCC[C@H]3C(=O)O)CC2)cc1. The Labute approximate surface area is 153 Å². The first-order valence-electron chi connectivity index (χ1n) is 8.91. The predicted molar refractivity (Wildman–Crippen MR) is 95.0 cm³/mol. The molecule has 1 aromatic rings. The van der Waals surface area contributed by atoms with Crippen molar-refractivity contribution < 1.29 is 23.1 Å². The predicted octanol–water partition coefficient (Wildman–Crippen LogP) is 1.47. The summed E-state index contributed by atoms with van der Waals surface area (Å²) in [5, 5.41) is 9.24. The zero-order valence-electron chi connectivity index (χ0n) is 14.8. The number of carbonyl (C=O) groups excluding carboxylic acids is 1. The molecule has 2 aliphatic rings. The molecule has 26 heavy (non-hydrogen) atoms. The molecule has 2 saturated heterocycles. The number of rotatable bonds is 4. The number of carboxylic acids is 1. The van der Waals surface area contributed by atoms with Crippen molar-refractivity contribution in [3.05, 3.63) is 29.8 Å². The summed E-state index contributed by atoms with van der Waals surface area (Å²) < 4.78 is 26.9. The van der Waals surface area contributed by atoms with Gasteiger partial charge in [0.1, 0.15) is 6.04 Å². The summed E-state index contributed by atoms with van der Waals surface area (Å²) in [6, 6.07) is 6.00. The summed E-state index contributed by atoms with van der Waals surface area (Å²) in [5.74, 6) is -1.42. The maximum atomic E-state index is 12.7. The highest BCUT2D eigenvalue weighted by Crippen LogP contribution is 2.28. The number of benzene rings is 1. The van der Waals surface area contributed by atoms with Crippen molar-refractivity contribution in [2.75, 3.05) is 19.6 Å². The minimum atomic E-state index is -3.56. The van der Waals surface area contributed by atoms with Crippen molar-refractivity contribution in [3.63, 3.8) is 0 Å². The number of carbonyl (C=O) groups is 2. The first-order valence-corrected chi connectivity index (χ1v) is 10.3. The van der Waals surface area contributed by atoms with E-state index in [1.807, 2.05) is 6.92 Å². The number of nitrogens with zero attached hydrogens (tertiary/aromatic N) is 2. The molecule has 1 N–H and O–H groups in total. The minimum absolute atomic E-state index is 0.151. The van der Waals surface area contributed by atoms with Crippen molar-refractivity contribution >= 4 is 21.9 Å². The largest absolute Gasteiger partial charge is 0.480 e. The van der Waals surface area contributed by atoms with Crippen molar-refractivity contribution in [2.24, 2.45) is 5.92 Å². The molecule has 1 atom stereocenters. The Morgan fingerprint density at radius 1 is 1.04 bits per heavy atom.